The average Bonchev–Trinajstić information content (AvgIpc) is 2.65. The van der Waals surface area contributed by atoms with Gasteiger partial charge >= 0.3 is 0 Å². The zero-order valence-corrected chi connectivity index (χ0v) is 17.2. The third kappa shape index (κ3) is 7.72. The third-order valence-electron chi connectivity index (χ3n) is 4.29. The summed E-state index contributed by atoms with van der Waals surface area (Å²) < 4.78 is 5.96. The van der Waals surface area contributed by atoms with E-state index in [0.29, 0.717) is 12.6 Å². The summed E-state index contributed by atoms with van der Waals surface area (Å²) in [4.78, 5) is 2.30. The van der Waals surface area contributed by atoms with Crippen LogP contribution in [-0.4, -0.2) is 18.5 Å². The first-order chi connectivity index (χ1) is 12.8. The van der Waals surface area contributed by atoms with Crippen LogP contribution in [0.2, 0.25) is 0 Å². The maximum absolute atomic E-state index is 5.96. The molecule has 0 heterocycles. The van der Waals surface area contributed by atoms with E-state index in [9.17, 15) is 0 Å². The van der Waals surface area contributed by atoms with Crippen molar-refractivity contribution in [2.24, 2.45) is 5.41 Å². The van der Waals surface area contributed by atoms with Crippen molar-refractivity contribution in [3.8, 4) is 17.6 Å². The van der Waals surface area contributed by atoms with Crippen LogP contribution in [0, 0.1) is 17.3 Å². The summed E-state index contributed by atoms with van der Waals surface area (Å²) in [7, 11) is 2.13. The molecule has 0 aromatic heterocycles. The summed E-state index contributed by atoms with van der Waals surface area (Å²) in [6.45, 7) is 10.0. The molecule has 142 valence electrons. The third-order valence-corrected chi connectivity index (χ3v) is 4.29. The molecule has 2 nitrogen and oxygen atoms in total. The van der Waals surface area contributed by atoms with Crippen LogP contribution in [0.5, 0.6) is 5.75 Å². The van der Waals surface area contributed by atoms with Crippen LogP contribution in [0.4, 0.5) is 0 Å². The number of benzene rings is 2. The summed E-state index contributed by atoms with van der Waals surface area (Å²) in [5.41, 5.74) is 2.47. The predicted molar refractivity (Wildman–Crippen MR) is 115 cm³/mol. The Morgan fingerprint density at radius 3 is 2.52 bits per heavy atom. The highest BCUT2D eigenvalue weighted by atomic mass is 16.5. The molecule has 0 saturated carbocycles. The molecule has 0 aliphatic heterocycles. The van der Waals surface area contributed by atoms with Crippen LogP contribution < -0.4 is 4.74 Å². The molecule has 27 heavy (non-hydrogen) atoms. The predicted octanol–water partition coefficient (Wildman–Crippen LogP) is 5.86. The Kier molecular flexibility index (Phi) is 7.70. The molecule has 0 radical (unpaired) electrons. The molecule has 0 aliphatic rings. The maximum atomic E-state index is 5.96. The van der Waals surface area contributed by atoms with Crippen molar-refractivity contribution in [1.29, 1.82) is 0 Å². The summed E-state index contributed by atoms with van der Waals surface area (Å²) in [6, 6.07) is 18.9. The van der Waals surface area contributed by atoms with Crippen molar-refractivity contribution in [1.82, 2.24) is 4.90 Å². The van der Waals surface area contributed by atoms with Gasteiger partial charge in [-0.1, -0.05) is 60.4 Å². The largest absolute Gasteiger partial charge is 0.489 e. The Labute approximate surface area is 164 Å². The number of ether oxygens (including phenoxy) is 1. The van der Waals surface area contributed by atoms with Gasteiger partial charge in [0.25, 0.3) is 0 Å². The number of rotatable bonds is 7. The fraction of sp³-hybridized carbons (Fsp3) is 0.360. The van der Waals surface area contributed by atoms with Crippen LogP contribution >= 0.6 is 0 Å². The molecule has 2 aromatic carbocycles. The van der Waals surface area contributed by atoms with Gasteiger partial charge in [0, 0.05) is 18.0 Å². The Bertz CT molecular complexity index is 790. The highest BCUT2D eigenvalue weighted by molar-refractivity contribution is 5.31. The minimum absolute atomic E-state index is 0.0454. The van der Waals surface area contributed by atoms with Gasteiger partial charge in [0.2, 0.25) is 0 Å². The lowest BCUT2D eigenvalue weighted by atomic mass is 9.98. The van der Waals surface area contributed by atoms with Gasteiger partial charge in [0.1, 0.15) is 12.4 Å². The molecule has 0 fully saturated rings. The molecule has 0 spiro atoms. The summed E-state index contributed by atoms with van der Waals surface area (Å²) in [6.07, 6.45) is 4.07. The number of nitrogens with zero attached hydrogens (tertiary/aromatic N) is 1. The van der Waals surface area contributed by atoms with E-state index in [4.69, 9.17) is 4.74 Å². The van der Waals surface area contributed by atoms with Gasteiger partial charge in [-0.2, -0.15) is 0 Å². The van der Waals surface area contributed by atoms with Crippen molar-refractivity contribution in [2.45, 2.75) is 40.3 Å². The van der Waals surface area contributed by atoms with Gasteiger partial charge in [-0.15, -0.1) is 0 Å². The zero-order valence-electron chi connectivity index (χ0n) is 17.2. The summed E-state index contributed by atoms with van der Waals surface area (Å²) >= 11 is 0. The topological polar surface area (TPSA) is 12.5 Å². The van der Waals surface area contributed by atoms with E-state index in [1.165, 1.54) is 11.1 Å². The van der Waals surface area contributed by atoms with Crippen LogP contribution in [-0.2, 0) is 6.61 Å². The van der Waals surface area contributed by atoms with Crippen LogP contribution in [0.3, 0.4) is 0 Å². The molecule has 0 aliphatic carbocycles. The van der Waals surface area contributed by atoms with Gasteiger partial charge in [-0.05, 0) is 64.1 Å². The lowest BCUT2D eigenvalue weighted by Crippen LogP contribution is -2.22. The molecule has 0 saturated heterocycles. The lowest BCUT2D eigenvalue weighted by molar-refractivity contribution is 0.284. The maximum Gasteiger partial charge on any atom is 0.120 e. The van der Waals surface area contributed by atoms with E-state index in [0.717, 1.165) is 12.3 Å². The highest BCUT2D eigenvalue weighted by Crippen LogP contribution is 2.23. The molecule has 2 heteroatoms. The van der Waals surface area contributed by atoms with Gasteiger partial charge in [-0.3, -0.25) is 4.90 Å². The number of likely N-dealkylation sites (N-methyl/N-ethyl adjacent to an activating group) is 1. The molecular weight excluding hydrogens is 330 g/mol. The molecule has 2 aromatic rings. The number of hydrogen-bond donors (Lipinski definition) is 0. The van der Waals surface area contributed by atoms with Gasteiger partial charge in [0.05, 0.1) is 0 Å². The van der Waals surface area contributed by atoms with Crippen molar-refractivity contribution in [3.05, 3.63) is 77.9 Å². The van der Waals surface area contributed by atoms with E-state index >= 15 is 0 Å². The van der Waals surface area contributed by atoms with Gasteiger partial charge < -0.3 is 4.74 Å². The van der Waals surface area contributed by atoms with Gasteiger partial charge in [-0.25, -0.2) is 0 Å². The molecule has 0 N–H and O–H groups in total. The van der Waals surface area contributed by atoms with Crippen LogP contribution in [0.15, 0.2) is 66.7 Å². The molecule has 0 amide bonds. The summed E-state index contributed by atoms with van der Waals surface area (Å²) in [5.74, 6) is 7.25. The zero-order chi connectivity index (χ0) is 19.7. The minimum atomic E-state index is 0.0454. The highest BCUT2D eigenvalue weighted by Gasteiger charge is 2.11. The van der Waals surface area contributed by atoms with Crippen molar-refractivity contribution in [2.75, 3.05) is 13.6 Å². The molecule has 2 rings (SSSR count). The van der Waals surface area contributed by atoms with Crippen LogP contribution in [0.25, 0.3) is 0 Å². The first-order valence-corrected chi connectivity index (χ1v) is 9.50. The number of allylic oxidation sites excluding steroid dienone is 1. The average molecular weight is 362 g/mol. The monoisotopic (exact) mass is 361 g/mol. The quantitative estimate of drug-likeness (QED) is 0.572. The smallest absolute Gasteiger partial charge is 0.120 e. The first-order valence-electron chi connectivity index (χ1n) is 9.50. The SMILES string of the molecule is CC(c1cccc(OCc2ccccc2)c1)N(C)CC=CC#CC(C)(C)C. The Hall–Kier alpha value is -2.50. The van der Waals surface area contributed by atoms with Crippen molar-refractivity contribution in [3.63, 3.8) is 0 Å². The van der Waals surface area contributed by atoms with E-state index in [-0.39, 0.29) is 5.41 Å². The summed E-state index contributed by atoms with van der Waals surface area (Å²) in [5, 5.41) is 0. The number of hydrogen-bond acceptors (Lipinski definition) is 2. The van der Waals surface area contributed by atoms with E-state index in [2.05, 4.69) is 87.9 Å². The fourth-order valence-corrected chi connectivity index (χ4v) is 2.55. The Morgan fingerprint density at radius 2 is 1.81 bits per heavy atom. The molecule has 0 bridgehead atoms. The first kappa shape index (κ1) is 20.8. The van der Waals surface area contributed by atoms with E-state index < -0.39 is 0 Å². The molecular formula is C25H31NO. The fourth-order valence-electron chi connectivity index (χ4n) is 2.55. The van der Waals surface area contributed by atoms with Gasteiger partial charge in [0.15, 0.2) is 0 Å². The lowest BCUT2D eigenvalue weighted by Gasteiger charge is -2.24. The minimum Gasteiger partial charge on any atom is -0.489 e. The van der Waals surface area contributed by atoms with Crippen molar-refractivity contribution >= 4 is 0 Å². The Balaban J connectivity index is 1.92. The second-order valence-electron chi connectivity index (χ2n) is 7.88. The Morgan fingerprint density at radius 1 is 1.07 bits per heavy atom. The standard InChI is InChI=1S/C25H31NO/c1-21(26(5)18-11-7-10-17-25(2,3)4)23-15-12-16-24(19-23)27-20-22-13-8-6-9-14-22/h6-9,11-16,19,21H,18,20H2,1-5H3. The second-order valence-corrected chi connectivity index (χ2v) is 7.88. The molecule has 1 unspecified atom stereocenters. The van der Waals surface area contributed by atoms with Crippen molar-refractivity contribution < 1.29 is 4.74 Å². The van der Waals surface area contributed by atoms with E-state index in [1.54, 1.807) is 0 Å². The molecule has 1 atom stereocenters. The second kappa shape index (κ2) is 10.00. The normalized spacial score (nSPS) is 12.7. The van der Waals surface area contributed by atoms with E-state index in [1.807, 2.05) is 30.3 Å². The van der Waals surface area contributed by atoms with Crippen LogP contribution in [0.1, 0.15) is 44.9 Å².